The monoisotopic (exact) mass is 481 g/mol. The fourth-order valence-electron chi connectivity index (χ4n) is 4.25. The van der Waals surface area contributed by atoms with Crippen LogP contribution < -0.4 is 20.5 Å². The zero-order chi connectivity index (χ0) is 22.9. The molecule has 4 rings (SSSR count). The van der Waals surface area contributed by atoms with E-state index in [1.807, 2.05) is 18.2 Å². The molecule has 32 heavy (non-hydrogen) atoms. The number of halogens is 2. The highest BCUT2D eigenvalue weighted by atomic mass is 35.5. The van der Waals surface area contributed by atoms with Crippen molar-refractivity contribution in [1.82, 2.24) is 4.90 Å². The lowest BCUT2D eigenvalue weighted by molar-refractivity contribution is -0.00192. The third-order valence-electron chi connectivity index (χ3n) is 5.84. The van der Waals surface area contributed by atoms with E-state index < -0.39 is 12.1 Å². The minimum Gasteiger partial charge on any atom is -0.506 e. The van der Waals surface area contributed by atoms with Crippen LogP contribution in [0.1, 0.15) is 18.4 Å². The van der Waals surface area contributed by atoms with Crippen molar-refractivity contribution in [3.8, 4) is 17.2 Å². The van der Waals surface area contributed by atoms with E-state index in [1.54, 1.807) is 0 Å². The van der Waals surface area contributed by atoms with Gasteiger partial charge in [0.15, 0.2) is 0 Å². The number of hydrogen-bond acceptors (Lipinski definition) is 6. The Morgan fingerprint density at radius 2 is 2.03 bits per heavy atom. The molecule has 0 unspecified atom stereocenters. The van der Waals surface area contributed by atoms with Gasteiger partial charge >= 0.3 is 6.03 Å². The van der Waals surface area contributed by atoms with Crippen molar-refractivity contribution >= 4 is 34.9 Å². The molecule has 2 heterocycles. The smallest absolute Gasteiger partial charge is 0.316 e. The minimum atomic E-state index is -0.794. The van der Waals surface area contributed by atoms with Gasteiger partial charge in [-0.25, -0.2) is 4.79 Å². The van der Waals surface area contributed by atoms with Crippen LogP contribution in [0.3, 0.4) is 0 Å². The normalized spacial score (nSPS) is 18.1. The zero-order valence-electron chi connectivity index (χ0n) is 17.3. The number of ether oxygens (including phenoxy) is 2. The van der Waals surface area contributed by atoms with Crippen molar-refractivity contribution in [3.63, 3.8) is 0 Å². The number of β-amino-alcohol motifs (C(OH)–C–C–N with tert-alkyl or cyclic N) is 1. The van der Waals surface area contributed by atoms with Crippen LogP contribution in [0.5, 0.6) is 17.2 Å². The highest BCUT2D eigenvalue weighted by Crippen LogP contribution is 2.42. The molecule has 2 aromatic carbocycles. The predicted molar refractivity (Wildman–Crippen MR) is 122 cm³/mol. The molecule has 2 aromatic rings. The number of aromatic hydroxyl groups is 1. The Labute approximate surface area is 195 Å². The van der Waals surface area contributed by atoms with Gasteiger partial charge in [-0.05, 0) is 29.8 Å². The number of phenolic OH excluding ortho intramolecular Hbond substituents is 1. The second-order valence-corrected chi connectivity index (χ2v) is 9.11. The van der Waals surface area contributed by atoms with E-state index in [1.165, 1.54) is 12.1 Å². The summed E-state index contributed by atoms with van der Waals surface area (Å²) in [4.78, 5) is 13.4. The van der Waals surface area contributed by atoms with Crippen LogP contribution in [-0.2, 0) is 6.42 Å². The van der Waals surface area contributed by atoms with E-state index in [9.17, 15) is 15.0 Å². The number of anilines is 1. The summed E-state index contributed by atoms with van der Waals surface area (Å²) >= 11 is 12.0. The number of nitrogens with one attached hydrogen (secondary N) is 1. The SMILES string of the molecule is NC(=O)Nc1cc(Cl)c(O)cc1OC[C@@H](O)CN1CCC2(CC1)Cc1cc(Cl)ccc1O2. The third-order valence-corrected chi connectivity index (χ3v) is 6.37. The van der Waals surface area contributed by atoms with Crippen LogP contribution in [0, 0.1) is 0 Å². The number of fused-ring (bicyclic) bond motifs is 1. The van der Waals surface area contributed by atoms with Gasteiger partial charge in [-0.15, -0.1) is 0 Å². The van der Waals surface area contributed by atoms with Crippen molar-refractivity contribution in [2.45, 2.75) is 31.0 Å². The van der Waals surface area contributed by atoms with E-state index in [0.717, 1.165) is 43.7 Å². The number of phenols is 1. The summed E-state index contributed by atoms with van der Waals surface area (Å²) in [5.41, 5.74) is 6.31. The van der Waals surface area contributed by atoms with Crippen LogP contribution >= 0.6 is 23.2 Å². The van der Waals surface area contributed by atoms with Crippen LogP contribution in [0.2, 0.25) is 10.0 Å². The molecule has 5 N–H and O–H groups in total. The second-order valence-electron chi connectivity index (χ2n) is 8.27. The first-order valence-electron chi connectivity index (χ1n) is 10.3. The summed E-state index contributed by atoms with van der Waals surface area (Å²) in [6.45, 7) is 1.97. The van der Waals surface area contributed by atoms with Gasteiger partial charge in [0.1, 0.15) is 35.6 Å². The van der Waals surface area contributed by atoms with E-state index in [2.05, 4.69) is 10.2 Å². The van der Waals surface area contributed by atoms with Gasteiger partial charge < -0.3 is 35.6 Å². The Kier molecular flexibility index (Phi) is 6.57. The molecular weight excluding hydrogens is 457 g/mol. The zero-order valence-corrected chi connectivity index (χ0v) is 18.8. The molecule has 0 radical (unpaired) electrons. The molecule has 8 nitrogen and oxygen atoms in total. The van der Waals surface area contributed by atoms with Crippen LogP contribution in [0.15, 0.2) is 30.3 Å². The lowest BCUT2D eigenvalue weighted by atomic mass is 9.87. The molecule has 0 aliphatic carbocycles. The molecule has 10 heteroatoms. The molecule has 0 bridgehead atoms. The molecule has 2 aliphatic heterocycles. The maximum atomic E-state index is 11.2. The summed E-state index contributed by atoms with van der Waals surface area (Å²) in [7, 11) is 0. The average molecular weight is 482 g/mol. The van der Waals surface area contributed by atoms with Gasteiger partial charge in [0.25, 0.3) is 0 Å². The number of amides is 2. The molecule has 1 saturated heterocycles. The first kappa shape index (κ1) is 22.8. The Hall–Kier alpha value is -2.39. The van der Waals surface area contributed by atoms with Crippen molar-refractivity contribution < 1.29 is 24.5 Å². The highest BCUT2D eigenvalue weighted by Gasteiger charge is 2.42. The van der Waals surface area contributed by atoms with Gasteiger partial charge in [0, 0.05) is 50.0 Å². The standard InChI is InChI=1S/C22H25Cl2N3O5/c23-14-1-2-19-13(7-14)10-22(32-19)3-5-27(6-4-22)11-15(28)12-31-20-9-18(29)16(24)8-17(20)26-21(25)30/h1-2,7-9,15,28-29H,3-6,10-12H2,(H3,25,26,30)/t15-/m0/s1. The van der Waals surface area contributed by atoms with Crippen molar-refractivity contribution in [2.75, 3.05) is 31.6 Å². The number of carbonyl (C=O) groups is 1. The quantitative estimate of drug-likeness (QED) is 0.469. The van der Waals surface area contributed by atoms with Gasteiger partial charge in [0.05, 0.1) is 10.7 Å². The van der Waals surface area contributed by atoms with Crippen molar-refractivity contribution in [1.29, 1.82) is 0 Å². The fraction of sp³-hybridized carbons (Fsp3) is 0.409. The molecule has 0 saturated carbocycles. The summed E-state index contributed by atoms with van der Waals surface area (Å²) < 4.78 is 11.9. The Morgan fingerprint density at radius 1 is 1.28 bits per heavy atom. The lowest BCUT2D eigenvalue weighted by Gasteiger charge is -2.39. The maximum Gasteiger partial charge on any atom is 0.316 e. The molecule has 1 spiro atoms. The number of benzene rings is 2. The number of urea groups is 1. The van der Waals surface area contributed by atoms with Gasteiger partial charge in [0.2, 0.25) is 0 Å². The number of rotatable bonds is 6. The summed E-state index contributed by atoms with van der Waals surface area (Å²) in [5.74, 6) is 0.868. The number of aliphatic hydroxyl groups excluding tert-OH is 1. The molecular formula is C22H25Cl2N3O5. The van der Waals surface area contributed by atoms with E-state index in [0.29, 0.717) is 11.6 Å². The van der Waals surface area contributed by atoms with Gasteiger partial charge in [-0.1, -0.05) is 23.2 Å². The van der Waals surface area contributed by atoms with Crippen LogP contribution in [0.25, 0.3) is 0 Å². The number of aliphatic hydroxyl groups is 1. The number of likely N-dealkylation sites (tertiary alicyclic amines) is 1. The van der Waals surface area contributed by atoms with Gasteiger partial charge in [-0.2, -0.15) is 0 Å². The van der Waals surface area contributed by atoms with E-state index in [4.69, 9.17) is 38.4 Å². The van der Waals surface area contributed by atoms with Gasteiger partial charge in [-0.3, -0.25) is 0 Å². The van der Waals surface area contributed by atoms with Crippen molar-refractivity contribution in [3.05, 3.63) is 45.9 Å². The minimum absolute atomic E-state index is 0.0312. The Morgan fingerprint density at radius 3 is 2.75 bits per heavy atom. The summed E-state index contributed by atoms with van der Waals surface area (Å²) in [5, 5.41) is 23.4. The summed E-state index contributed by atoms with van der Waals surface area (Å²) in [6.07, 6.45) is 1.77. The molecule has 172 valence electrons. The Balaban J connectivity index is 1.29. The number of carbonyl (C=O) groups excluding carboxylic acids is 1. The first-order valence-corrected chi connectivity index (χ1v) is 11.1. The first-order chi connectivity index (χ1) is 15.2. The average Bonchev–Trinajstić information content (AvgIpc) is 3.08. The maximum absolute atomic E-state index is 11.2. The largest absolute Gasteiger partial charge is 0.506 e. The van der Waals surface area contributed by atoms with Crippen LogP contribution in [0.4, 0.5) is 10.5 Å². The molecule has 2 amide bonds. The fourth-order valence-corrected chi connectivity index (χ4v) is 4.61. The number of nitrogens with zero attached hydrogens (tertiary/aromatic N) is 1. The van der Waals surface area contributed by atoms with Crippen LogP contribution in [-0.4, -0.2) is 59.1 Å². The summed E-state index contributed by atoms with van der Waals surface area (Å²) in [6, 6.07) is 7.55. The highest BCUT2D eigenvalue weighted by molar-refractivity contribution is 6.32. The lowest BCUT2D eigenvalue weighted by Crippen LogP contribution is -2.49. The molecule has 1 fully saturated rings. The number of primary amides is 1. The predicted octanol–water partition coefficient (Wildman–Crippen LogP) is 3.40. The van der Waals surface area contributed by atoms with E-state index >= 15 is 0 Å². The van der Waals surface area contributed by atoms with Crippen molar-refractivity contribution in [2.24, 2.45) is 5.73 Å². The number of nitrogens with two attached hydrogens (primary N) is 1. The Bertz CT molecular complexity index is 1010. The number of piperidine rings is 1. The topological polar surface area (TPSA) is 117 Å². The number of hydrogen-bond donors (Lipinski definition) is 4. The molecule has 1 atom stereocenters. The second kappa shape index (κ2) is 9.23. The molecule has 2 aliphatic rings. The molecule has 0 aromatic heterocycles. The van der Waals surface area contributed by atoms with E-state index in [-0.39, 0.29) is 34.4 Å². The third kappa shape index (κ3) is 5.15.